The van der Waals surface area contributed by atoms with Gasteiger partial charge in [0.15, 0.2) is 6.29 Å². The van der Waals surface area contributed by atoms with Gasteiger partial charge in [0.25, 0.3) is 0 Å². The van der Waals surface area contributed by atoms with Gasteiger partial charge in [0, 0.05) is 0 Å². The van der Waals surface area contributed by atoms with Crippen LogP contribution in [-0.4, -0.2) is 31.1 Å². The maximum Gasteiger partial charge on any atom is 0.177 e. The average Bonchev–Trinajstić information content (AvgIpc) is 2.43. The molecule has 0 radical (unpaired) electrons. The van der Waals surface area contributed by atoms with Crippen LogP contribution in [0.5, 0.6) is 0 Å². The summed E-state index contributed by atoms with van der Waals surface area (Å²) < 4.78 is 17.1. The van der Waals surface area contributed by atoms with Gasteiger partial charge in [0.2, 0.25) is 0 Å². The molecule has 0 saturated heterocycles. The lowest BCUT2D eigenvalue weighted by molar-refractivity contribution is -0.181. The molecule has 1 aliphatic rings. The zero-order valence-corrected chi connectivity index (χ0v) is 12.1. The van der Waals surface area contributed by atoms with E-state index in [0.29, 0.717) is 13.2 Å². The van der Waals surface area contributed by atoms with Gasteiger partial charge in [-0.25, -0.2) is 0 Å². The average molecular weight is 277 g/mol. The van der Waals surface area contributed by atoms with E-state index in [4.69, 9.17) is 19.9 Å². The maximum atomic E-state index is 6.00. The van der Waals surface area contributed by atoms with Crippen LogP contribution < -0.4 is 5.73 Å². The van der Waals surface area contributed by atoms with Crippen LogP contribution in [0, 0.1) is 0 Å². The molecule has 0 aliphatic carbocycles. The van der Waals surface area contributed by atoms with Gasteiger partial charge >= 0.3 is 0 Å². The summed E-state index contributed by atoms with van der Waals surface area (Å²) in [7, 11) is 0. The zero-order valence-electron chi connectivity index (χ0n) is 12.1. The molecule has 1 heterocycles. The highest BCUT2D eigenvalue weighted by molar-refractivity contribution is 5.13. The summed E-state index contributed by atoms with van der Waals surface area (Å²) in [4.78, 5) is 0. The van der Waals surface area contributed by atoms with Gasteiger partial charge in [0.1, 0.15) is 6.10 Å². The molecule has 3 atom stereocenters. The quantitative estimate of drug-likeness (QED) is 0.810. The number of hydrogen-bond acceptors (Lipinski definition) is 4. The van der Waals surface area contributed by atoms with Crippen molar-refractivity contribution >= 4 is 0 Å². The Bertz CT molecular complexity index is 419. The lowest BCUT2D eigenvalue weighted by Gasteiger charge is -2.31. The van der Waals surface area contributed by atoms with Crippen molar-refractivity contribution in [3.8, 4) is 0 Å². The van der Waals surface area contributed by atoms with Gasteiger partial charge in [-0.2, -0.15) is 0 Å². The van der Waals surface area contributed by atoms with E-state index in [1.807, 2.05) is 56.3 Å². The Kier molecular flexibility index (Phi) is 5.73. The molecule has 4 heteroatoms. The summed E-state index contributed by atoms with van der Waals surface area (Å²) in [6.07, 6.45) is 3.39. The van der Waals surface area contributed by atoms with E-state index >= 15 is 0 Å². The van der Waals surface area contributed by atoms with Crippen molar-refractivity contribution in [3.05, 3.63) is 48.0 Å². The molecule has 1 aromatic carbocycles. The Hall–Kier alpha value is -1.20. The van der Waals surface area contributed by atoms with Gasteiger partial charge in [-0.1, -0.05) is 36.4 Å². The third-order valence-electron chi connectivity index (χ3n) is 3.03. The van der Waals surface area contributed by atoms with E-state index in [9.17, 15) is 0 Å². The highest BCUT2D eigenvalue weighted by atomic mass is 16.7. The van der Waals surface area contributed by atoms with Gasteiger partial charge in [0.05, 0.1) is 25.4 Å². The number of ether oxygens (including phenoxy) is 3. The van der Waals surface area contributed by atoms with Crippen LogP contribution in [0.15, 0.2) is 42.5 Å². The Morgan fingerprint density at radius 2 is 1.95 bits per heavy atom. The fraction of sp³-hybridized carbons (Fsp3) is 0.500. The van der Waals surface area contributed by atoms with Crippen molar-refractivity contribution in [1.29, 1.82) is 0 Å². The highest BCUT2D eigenvalue weighted by Crippen LogP contribution is 2.15. The van der Waals surface area contributed by atoms with Gasteiger partial charge in [-0.05, 0) is 25.5 Å². The fourth-order valence-corrected chi connectivity index (χ4v) is 2.01. The Labute approximate surface area is 120 Å². The zero-order chi connectivity index (χ0) is 14.4. The molecular weight excluding hydrogens is 254 g/mol. The molecule has 2 N–H and O–H groups in total. The topological polar surface area (TPSA) is 53.7 Å². The monoisotopic (exact) mass is 277 g/mol. The summed E-state index contributed by atoms with van der Waals surface area (Å²) in [5.74, 6) is 0. The van der Waals surface area contributed by atoms with Crippen molar-refractivity contribution in [3.63, 3.8) is 0 Å². The van der Waals surface area contributed by atoms with Crippen LogP contribution >= 0.6 is 0 Å². The normalized spacial score (nSPS) is 26.1. The Morgan fingerprint density at radius 1 is 1.20 bits per heavy atom. The molecule has 0 fully saturated rings. The summed E-state index contributed by atoms with van der Waals surface area (Å²) >= 11 is 0. The van der Waals surface area contributed by atoms with E-state index in [-0.39, 0.29) is 24.5 Å². The third-order valence-corrected chi connectivity index (χ3v) is 3.03. The molecule has 1 aromatic rings. The molecule has 0 spiro atoms. The molecule has 0 unspecified atom stereocenters. The van der Waals surface area contributed by atoms with Crippen molar-refractivity contribution in [2.24, 2.45) is 5.73 Å². The van der Waals surface area contributed by atoms with Crippen LogP contribution in [0.4, 0.5) is 0 Å². The summed E-state index contributed by atoms with van der Waals surface area (Å²) in [5.41, 5.74) is 7.15. The van der Waals surface area contributed by atoms with Gasteiger partial charge < -0.3 is 19.9 Å². The van der Waals surface area contributed by atoms with E-state index < -0.39 is 0 Å². The summed E-state index contributed by atoms with van der Waals surface area (Å²) in [6, 6.07) is 9.90. The fourth-order valence-electron chi connectivity index (χ4n) is 2.01. The van der Waals surface area contributed by atoms with Crippen molar-refractivity contribution in [1.82, 2.24) is 0 Å². The molecule has 1 aliphatic heterocycles. The molecule has 0 aromatic heterocycles. The molecule has 0 amide bonds. The van der Waals surface area contributed by atoms with Crippen LogP contribution in [0.25, 0.3) is 0 Å². The summed E-state index contributed by atoms with van der Waals surface area (Å²) in [5, 5.41) is 0. The predicted octanol–water partition coefficient (Wildman–Crippen LogP) is 2.24. The molecule has 0 bridgehead atoms. The van der Waals surface area contributed by atoms with E-state index in [2.05, 4.69) is 0 Å². The van der Waals surface area contributed by atoms with Crippen LogP contribution in [0.3, 0.4) is 0 Å². The number of benzene rings is 1. The van der Waals surface area contributed by atoms with Crippen molar-refractivity contribution in [2.45, 2.75) is 45.0 Å². The van der Waals surface area contributed by atoms with E-state index in [0.717, 1.165) is 5.56 Å². The summed E-state index contributed by atoms with van der Waals surface area (Å²) in [6.45, 7) is 4.98. The van der Waals surface area contributed by atoms with Gasteiger partial charge in [-0.15, -0.1) is 0 Å². The second kappa shape index (κ2) is 7.55. The minimum Gasteiger partial charge on any atom is -0.374 e. The standard InChI is InChI=1S/C16H23NO3/c1-12(2)19-16-9-8-14(17)15(20-16)11-18-10-13-6-4-3-5-7-13/h3-9,12,14-16H,10-11,17H2,1-2H3/t14-,15+,16-/m0/s1. The van der Waals surface area contributed by atoms with E-state index in [1.165, 1.54) is 0 Å². The molecule has 110 valence electrons. The highest BCUT2D eigenvalue weighted by Gasteiger charge is 2.25. The Balaban J connectivity index is 1.78. The third kappa shape index (κ3) is 4.72. The molecule has 0 saturated carbocycles. The SMILES string of the molecule is CC(C)O[C@@H]1C=C[C@H](N)[C@@H](COCc2ccccc2)O1. The minimum absolute atomic E-state index is 0.116. The second-order valence-electron chi connectivity index (χ2n) is 5.19. The van der Waals surface area contributed by atoms with Gasteiger partial charge in [-0.3, -0.25) is 0 Å². The minimum atomic E-state index is -0.333. The first-order valence-corrected chi connectivity index (χ1v) is 7.01. The van der Waals surface area contributed by atoms with Crippen LogP contribution in [0.1, 0.15) is 19.4 Å². The molecule has 20 heavy (non-hydrogen) atoms. The molecular formula is C16H23NO3. The maximum absolute atomic E-state index is 6.00. The Morgan fingerprint density at radius 3 is 2.65 bits per heavy atom. The lowest BCUT2D eigenvalue weighted by atomic mass is 10.1. The number of hydrogen-bond donors (Lipinski definition) is 1. The van der Waals surface area contributed by atoms with Crippen LogP contribution in [-0.2, 0) is 20.8 Å². The van der Waals surface area contributed by atoms with Crippen LogP contribution in [0.2, 0.25) is 0 Å². The largest absolute Gasteiger partial charge is 0.374 e. The number of nitrogens with two attached hydrogens (primary N) is 1. The molecule has 2 rings (SSSR count). The first-order chi connectivity index (χ1) is 9.65. The van der Waals surface area contributed by atoms with Crippen molar-refractivity contribution in [2.75, 3.05) is 6.61 Å². The first-order valence-electron chi connectivity index (χ1n) is 7.01. The predicted molar refractivity (Wildman–Crippen MR) is 78.1 cm³/mol. The smallest absolute Gasteiger partial charge is 0.177 e. The second-order valence-corrected chi connectivity index (χ2v) is 5.19. The molecule has 4 nitrogen and oxygen atoms in total. The number of rotatable bonds is 6. The van der Waals surface area contributed by atoms with Crippen molar-refractivity contribution < 1.29 is 14.2 Å². The van der Waals surface area contributed by atoms with E-state index in [1.54, 1.807) is 0 Å². The lowest BCUT2D eigenvalue weighted by Crippen LogP contribution is -2.44. The first kappa shape index (κ1) is 15.2.